The summed E-state index contributed by atoms with van der Waals surface area (Å²) < 4.78 is 40.2. The quantitative estimate of drug-likeness (QED) is 0.873. The molecule has 23 heavy (non-hydrogen) atoms. The van der Waals surface area contributed by atoms with Crippen LogP contribution in [0.15, 0.2) is 23.1 Å². The van der Waals surface area contributed by atoms with Gasteiger partial charge < -0.3 is 5.73 Å². The molecule has 1 aliphatic heterocycles. The third-order valence-electron chi connectivity index (χ3n) is 4.82. The van der Waals surface area contributed by atoms with Gasteiger partial charge in [-0.15, -0.1) is 12.4 Å². The first kappa shape index (κ1) is 18.1. The van der Waals surface area contributed by atoms with Crippen molar-refractivity contribution < 1.29 is 12.8 Å². The van der Waals surface area contributed by atoms with E-state index in [2.05, 4.69) is 0 Å². The summed E-state index contributed by atoms with van der Waals surface area (Å²) in [6.07, 6.45) is 2.97. The van der Waals surface area contributed by atoms with Crippen LogP contribution in [0.5, 0.6) is 0 Å². The number of hydrogen-bond donors (Lipinski definition) is 1. The second-order valence-corrected chi connectivity index (χ2v) is 8.03. The Hall–Kier alpha value is -1.20. The van der Waals surface area contributed by atoms with Crippen molar-refractivity contribution >= 4 is 22.4 Å². The molecule has 1 aromatic carbocycles. The largest absolute Gasteiger partial charge is 0.327 e. The third kappa shape index (κ3) is 3.22. The van der Waals surface area contributed by atoms with Gasteiger partial charge in [0.05, 0.1) is 10.5 Å². The van der Waals surface area contributed by atoms with E-state index in [0.717, 1.165) is 31.4 Å². The molecule has 3 unspecified atom stereocenters. The molecule has 3 atom stereocenters. The number of halogens is 2. The molecule has 2 aliphatic rings. The van der Waals surface area contributed by atoms with Gasteiger partial charge in [-0.3, -0.25) is 0 Å². The van der Waals surface area contributed by atoms with Gasteiger partial charge >= 0.3 is 0 Å². The standard InChI is InChI=1S/C15H18FN3O2S.ClH/c16-14-5-4-12(6-11(14)7-17)22(20,21)19-8-10-2-1-3-15(18)13(10)9-19;/h4-6,10,13,15H,1-3,8-9,18H2;1H. The summed E-state index contributed by atoms with van der Waals surface area (Å²) in [6, 6.07) is 5.07. The lowest BCUT2D eigenvalue weighted by Crippen LogP contribution is -2.38. The van der Waals surface area contributed by atoms with Gasteiger partial charge in [-0.2, -0.15) is 9.57 Å². The van der Waals surface area contributed by atoms with Crippen molar-refractivity contribution in [3.63, 3.8) is 0 Å². The lowest BCUT2D eigenvalue weighted by Gasteiger charge is -2.29. The summed E-state index contributed by atoms with van der Waals surface area (Å²) in [7, 11) is -3.71. The number of fused-ring (bicyclic) bond motifs is 1. The van der Waals surface area contributed by atoms with Gasteiger partial charge in [0.15, 0.2) is 0 Å². The van der Waals surface area contributed by atoms with E-state index in [1.807, 2.05) is 0 Å². The number of nitrogens with zero attached hydrogens (tertiary/aromatic N) is 2. The van der Waals surface area contributed by atoms with Crippen LogP contribution in [-0.4, -0.2) is 31.9 Å². The maximum Gasteiger partial charge on any atom is 0.243 e. The molecule has 2 fully saturated rings. The van der Waals surface area contributed by atoms with E-state index in [-0.39, 0.29) is 34.8 Å². The first-order chi connectivity index (χ1) is 10.4. The molecule has 0 spiro atoms. The number of nitriles is 1. The Labute approximate surface area is 141 Å². The van der Waals surface area contributed by atoms with Crippen LogP contribution < -0.4 is 5.73 Å². The molecular weight excluding hydrogens is 341 g/mol. The topological polar surface area (TPSA) is 87.2 Å². The second kappa shape index (κ2) is 6.73. The maximum atomic E-state index is 13.4. The molecule has 0 radical (unpaired) electrons. The zero-order chi connectivity index (χ0) is 15.9. The molecule has 1 saturated heterocycles. The fraction of sp³-hybridized carbons (Fsp3) is 0.533. The highest BCUT2D eigenvalue weighted by Gasteiger charge is 2.43. The smallest absolute Gasteiger partial charge is 0.243 e. The number of sulfonamides is 1. The van der Waals surface area contributed by atoms with Crippen molar-refractivity contribution in [1.29, 1.82) is 5.26 Å². The van der Waals surface area contributed by atoms with E-state index in [4.69, 9.17) is 11.0 Å². The summed E-state index contributed by atoms with van der Waals surface area (Å²) >= 11 is 0. The van der Waals surface area contributed by atoms with E-state index in [1.165, 1.54) is 10.4 Å². The van der Waals surface area contributed by atoms with Gasteiger partial charge in [-0.1, -0.05) is 6.42 Å². The predicted octanol–water partition coefficient (Wildman–Crippen LogP) is 1.87. The minimum Gasteiger partial charge on any atom is -0.327 e. The molecule has 1 heterocycles. The molecule has 0 aromatic heterocycles. The molecule has 126 valence electrons. The lowest BCUT2D eigenvalue weighted by molar-refractivity contribution is 0.260. The van der Waals surface area contributed by atoms with Gasteiger partial charge in [0.2, 0.25) is 10.0 Å². The number of benzene rings is 1. The van der Waals surface area contributed by atoms with E-state index < -0.39 is 15.8 Å². The van der Waals surface area contributed by atoms with Crippen LogP contribution in [-0.2, 0) is 10.0 Å². The molecule has 0 amide bonds. The summed E-state index contributed by atoms with van der Waals surface area (Å²) in [5, 5.41) is 8.86. The minimum absolute atomic E-state index is 0. The van der Waals surface area contributed by atoms with Crippen LogP contribution in [0.4, 0.5) is 4.39 Å². The van der Waals surface area contributed by atoms with Crippen LogP contribution in [0, 0.1) is 29.0 Å². The van der Waals surface area contributed by atoms with Crippen LogP contribution in [0.3, 0.4) is 0 Å². The third-order valence-corrected chi connectivity index (χ3v) is 6.64. The molecule has 8 heteroatoms. The summed E-state index contributed by atoms with van der Waals surface area (Å²) in [5.41, 5.74) is 5.86. The fourth-order valence-electron chi connectivity index (χ4n) is 3.57. The summed E-state index contributed by atoms with van der Waals surface area (Å²) in [4.78, 5) is -0.0299. The van der Waals surface area contributed by atoms with E-state index >= 15 is 0 Å². The Bertz CT molecular complexity index is 735. The normalized spacial score (nSPS) is 27.8. The zero-order valence-electron chi connectivity index (χ0n) is 12.5. The molecule has 1 saturated carbocycles. The van der Waals surface area contributed by atoms with Gasteiger partial charge in [-0.25, -0.2) is 12.8 Å². The molecule has 3 rings (SSSR count). The predicted molar refractivity (Wildman–Crippen MR) is 85.9 cm³/mol. The molecule has 1 aromatic rings. The van der Waals surface area contributed by atoms with Crippen molar-refractivity contribution in [3.05, 3.63) is 29.6 Å². The first-order valence-electron chi connectivity index (χ1n) is 7.39. The summed E-state index contributed by atoms with van der Waals surface area (Å²) in [6.45, 7) is 0.868. The van der Waals surface area contributed by atoms with Crippen molar-refractivity contribution in [3.8, 4) is 6.07 Å². The van der Waals surface area contributed by atoms with Gasteiger partial charge in [-0.05, 0) is 42.9 Å². The highest BCUT2D eigenvalue weighted by molar-refractivity contribution is 7.89. The van der Waals surface area contributed by atoms with Crippen LogP contribution in [0.25, 0.3) is 0 Å². The van der Waals surface area contributed by atoms with Crippen LogP contribution >= 0.6 is 12.4 Å². The molecule has 2 N–H and O–H groups in total. The molecule has 0 bridgehead atoms. The van der Waals surface area contributed by atoms with Crippen molar-refractivity contribution in [1.82, 2.24) is 4.31 Å². The van der Waals surface area contributed by atoms with Crippen LogP contribution in [0.2, 0.25) is 0 Å². The Morgan fingerprint density at radius 3 is 2.70 bits per heavy atom. The zero-order valence-corrected chi connectivity index (χ0v) is 14.1. The van der Waals surface area contributed by atoms with E-state index in [9.17, 15) is 12.8 Å². The lowest BCUT2D eigenvalue weighted by atomic mass is 9.78. The number of nitrogens with two attached hydrogens (primary N) is 1. The van der Waals surface area contributed by atoms with Crippen LogP contribution in [0.1, 0.15) is 24.8 Å². The first-order valence-corrected chi connectivity index (χ1v) is 8.83. The van der Waals surface area contributed by atoms with E-state index in [0.29, 0.717) is 19.0 Å². The Morgan fingerprint density at radius 2 is 2.04 bits per heavy atom. The second-order valence-electron chi connectivity index (χ2n) is 6.09. The maximum absolute atomic E-state index is 13.4. The van der Waals surface area contributed by atoms with Crippen molar-refractivity contribution in [2.45, 2.75) is 30.2 Å². The number of hydrogen-bond acceptors (Lipinski definition) is 4. The average molecular weight is 360 g/mol. The van der Waals surface area contributed by atoms with Gasteiger partial charge in [0, 0.05) is 19.1 Å². The Kier molecular flexibility index (Phi) is 5.31. The van der Waals surface area contributed by atoms with Crippen molar-refractivity contribution in [2.24, 2.45) is 17.6 Å². The highest BCUT2D eigenvalue weighted by atomic mass is 35.5. The molecule has 5 nitrogen and oxygen atoms in total. The van der Waals surface area contributed by atoms with E-state index in [1.54, 1.807) is 6.07 Å². The number of rotatable bonds is 2. The summed E-state index contributed by atoms with van der Waals surface area (Å²) in [5.74, 6) is -0.215. The van der Waals surface area contributed by atoms with Crippen molar-refractivity contribution in [2.75, 3.05) is 13.1 Å². The average Bonchev–Trinajstić information content (AvgIpc) is 2.94. The molecule has 1 aliphatic carbocycles. The Balaban J connectivity index is 0.00000192. The fourth-order valence-corrected chi connectivity index (χ4v) is 5.13. The molecular formula is C15H19ClFN3O2S. The van der Waals surface area contributed by atoms with Gasteiger partial charge in [0.25, 0.3) is 0 Å². The van der Waals surface area contributed by atoms with Gasteiger partial charge in [0.1, 0.15) is 11.9 Å². The highest BCUT2D eigenvalue weighted by Crippen LogP contribution is 2.37. The minimum atomic E-state index is -3.71. The Morgan fingerprint density at radius 1 is 1.30 bits per heavy atom. The monoisotopic (exact) mass is 359 g/mol. The SMILES string of the molecule is Cl.N#Cc1cc(S(=O)(=O)N2CC3CCCC(N)C3C2)ccc1F.